The molecule has 1 aliphatic carbocycles. The Balaban J connectivity index is 1.31. The number of aliphatic hydroxyl groups excluding tert-OH is 1. The number of ketones is 2. The van der Waals surface area contributed by atoms with Crippen LogP contribution < -0.4 is 15.8 Å². The molecule has 0 aromatic heterocycles. The third-order valence-electron chi connectivity index (χ3n) is 11.5. The molecular weight excluding hydrogens is 748 g/mol. The molecule has 7 atom stereocenters. The number of ether oxygens (including phenoxy) is 4. The zero-order chi connectivity index (χ0) is 41.5. The van der Waals surface area contributed by atoms with Gasteiger partial charge in [-0.05, 0) is 98.2 Å². The van der Waals surface area contributed by atoms with E-state index in [0.717, 1.165) is 5.56 Å². The highest BCUT2D eigenvalue weighted by molar-refractivity contribution is 6.00. The van der Waals surface area contributed by atoms with E-state index in [9.17, 15) is 39.9 Å². The van der Waals surface area contributed by atoms with E-state index < -0.39 is 59.7 Å². The number of phenolic OH excluding ortho intramolecular Hbond substituents is 3. The minimum Gasteiger partial charge on any atom is -0.504 e. The maximum absolute atomic E-state index is 14.6. The number of aromatic hydroxyl groups is 3. The molecule has 14 nitrogen and oxygen atoms in total. The van der Waals surface area contributed by atoms with Gasteiger partial charge in [0.15, 0.2) is 40.2 Å². The molecule has 2 heterocycles. The maximum Gasteiger partial charge on any atom is 0.336 e. The molecule has 2 bridgehead atoms. The molecule has 3 aromatic carbocycles. The van der Waals surface area contributed by atoms with Crippen LogP contribution >= 0.6 is 0 Å². The summed E-state index contributed by atoms with van der Waals surface area (Å²) in [5, 5.41) is 56.2. The zero-order valence-electron chi connectivity index (χ0n) is 32.4. The second kappa shape index (κ2) is 18.2. The number of likely N-dealkylation sites (N-methyl/N-ethyl adjacent to an activating group) is 1. The Kier molecular flexibility index (Phi) is 13.4. The van der Waals surface area contributed by atoms with Crippen LogP contribution in [0.4, 0.5) is 0 Å². The Labute approximate surface area is 336 Å². The summed E-state index contributed by atoms with van der Waals surface area (Å²) in [7, 11) is 1.66. The van der Waals surface area contributed by atoms with Crippen LogP contribution in [0, 0.1) is 11.8 Å². The fraction of sp³-hybridized carbons (Fsp3) is 0.432. The first-order chi connectivity index (χ1) is 27.8. The highest BCUT2D eigenvalue weighted by Crippen LogP contribution is 2.56. The normalized spacial score (nSPS) is 28.2. The third-order valence-corrected chi connectivity index (χ3v) is 11.5. The highest BCUT2D eigenvalue weighted by Gasteiger charge is 2.71. The van der Waals surface area contributed by atoms with Crippen LogP contribution in [0.15, 0.2) is 78.9 Å². The van der Waals surface area contributed by atoms with Crippen LogP contribution in [0.25, 0.3) is 12.2 Å². The van der Waals surface area contributed by atoms with Crippen molar-refractivity contribution >= 4 is 29.7 Å². The van der Waals surface area contributed by atoms with Crippen LogP contribution in [-0.2, 0) is 35.0 Å². The van der Waals surface area contributed by atoms with Gasteiger partial charge in [-0.1, -0.05) is 54.6 Å². The second-order valence-corrected chi connectivity index (χ2v) is 15.4. The van der Waals surface area contributed by atoms with Crippen LogP contribution in [0.1, 0.15) is 48.8 Å². The number of phenols is 3. The van der Waals surface area contributed by atoms with E-state index in [4.69, 9.17) is 24.7 Å². The number of rotatable bonds is 17. The van der Waals surface area contributed by atoms with Gasteiger partial charge >= 0.3 is 5.97 Å². The van der Waals surface area contributed by atoms with Gasteiger partial charge in [-0.2, -0.15) is 0 Å². The highest BCUT2D eigenvalue weighted by atomic mass is 16.6. The summed E-state index contributed by atoms with van der Waals surface area (Å²) >= 11 is 0. The number of aliphatic hydroxyl groups is 1. The summed E-state index contributed by atoms with van der Waals surface area (Å²) in [5.41, 5.74) is 2.34. The van der Waals surface area contributed by atoms with Gasteiger partial charge in [0.1, 0.15) is 30.5 Å². The fourth-order valence-corrected chi connectivity index (χ4v) is 8.84. The molecule has 14 heteroatoms. The quantitative estimate of drug-likeness (QED) is 0.0762. The smallest absolute Gasteiger partial charge is 0.336 e. The molecule has 7 unspecified atom stereocenters. The van der Waals surface area contributed by atoms with Crippen molar-refractivity contribution in [1.82, 2.24) is 5.32 Å². The number of nitrogens with two attached hydrogens (primary N) is 1. The minimum atomic E-state index is -2.11. The van der Waals surface area contributed by atoms with Crippen molar-refractivity contribution in [3.63, 3.8) is 0 Å². The van der Waals surface area contributed by atoms with Gasteiger partial charge in [-0.3, -0.25) is 9.59 Å². The molecule has 8 N–H and O–H groups in total. The van der Waals surface area contributed by atoms with Crippen LogP contribution in [0.5, 0.6) is 23.0 Å². The van der Waals surface area contributed by atoms with Crippen molar-refractivity contribution in [1.29, 1.82) is 0 Å². The summed E-state index contributed by atoms with van der Waals surface area (Å²) in [6, 6.07) is 18.7. The standard InChI is InChI=1S/C44H52N2O12/c1-46-27-44-38-17-18-42(58-44,39(52)16-12-30-10-14-33(48)34(49)21-30)23-31(8-7-28-5-3-2-4-6-28)25-56-40(44)36(51)24-43(38,41(53)54)57-26-32(47)13-9-29-11-15-37(35(50)22-29)55-20-19-45/h2-6,9-16,21-22,31,36,38,40,46,48-51H,7-8,17-20,23-27,45H2,1H3,(H,53,54). The average Bonchev–Trinajstić information content (AvgIpc) is 3.20. The summed E-state index contributed by atoms with van der Waals surface area (Å²) in [4.78, 5) is 41.3. The molecular formula is C44H52N2O12. The van der Waals surface area contributed by atoms with Gasteiger partial charge in [-0.25, -0.2) is 4.79 Å². The second-order valence-electron chi connectivity index (χ2n) is 15.4. The number of benzene rings is 3. The molecule has 58 heavy (non-hydrogen) atoms. The number of carboxylic acid groups (broad SMARTS) is 1. The number of carboxylic acids is 1. The van der Waals surface area contributed by atoms with Crippen molar-refractivity contribution in [3.05, 3.63) is 95.6 Å². The SMILES string of the molecule is CNCC12OC3(C(=O)C=Cc4ccc(O)c(O)c4)CCC1C(OCC(=O)C=Cc1ccc(OCCN)c(O)c1)(C(=O)O)CC(O)C2OCC(CCc1ccccc1)C3. The Morgan fingerprint density at radius 1 is 0.948 bits per heavy atom. The summed E-state index contributed by atoms with van der Waals surface area (Å²) < 4.78 is 25.2. The van der Waals surface area contributed by atoms with Gasteiger partial charge < -0.3 is 55.5 Å². The molecule has 0 spiro atoms. The van der Waals surface area contributed by atoms with Crippen molar-refractivity contribution < 1.29 is 58.9 Å². The molecule has 2 aliphatic heterocycles. The van der Waals surface area contributed by atoms with Gasteiger partial charge in [0.05, 0.1) is 12.7 Å². The van der Waals surface area contributed by atoms with Gasteiger partial charge in [0, 0.05) is 25.4 Å². The molecule has 6 rings (SSSR count). The maximum atomic E-state index is 14.6. The molecule has 3 aromatic rings. The lowest BCUT2D eigenvalue weighted by Gasteiger charge is -2.63. The van der Waals surface area contributed by atoms with E-state index in [2.05, 4.69) is 5.32 Å². The molecule has 1 saturated carbocycles. The number of hydrogen-bond acceptors (Lipinski definition) is 13. The molecule has 0 amide bonds. The Morgan fingerprint density at radius 3 is 2.36 bits per heavy atom. The van der Waals surface area contributed by atoms with E-state index in [-0.39, 0.29) is 80.3 Å². The number of fused-ring (bicyclic) bond motifs is 1. The first kappa shape index (κ1) is 42.5. The lowest BCUT2D eigenvalue weighted by atomic mass is 9.58. The van der Waals surface area contributed by atoms with Crippen LogP contribution in [0.2, 0.25) is 0 Å². The molecule has 2 saturated heterocycles. The predicted octanol–water partition coefficient (Wildman–Crippen LogP) is 3.77. The van der Waals surface area contributed by atoms with E-state index in [0.29, 0.717) is 24.0 Å². The van der Waals surface area contributed by atoms with E-state index in [1.807, 2.05) is 30.3 Å². The minimum absolute atomic E-state index is 0.0145. The number of aliphatic carboxylic acids is 1. The number of aryl methyl sites for hydroxylation is 1. The zero-order valence-corrected chi connectivity index (χ0v) is 32.4. The van der Waals surface area contributed by atoms with Crippen molar-refractivity contribution in [2.75, 3.05) is 40.0 Å². The van der Waals surface area contributed by atoms with Crippen molar-refractivity contribution in [3.8, 4) is 23.0 Å². The monoisotopic (exact) mass is 800 g/mol. The first-order valence-electron chi connectivity index (χ1n) is 19.5. The predicted molar refractivity (Wildman–Crippen MR) is 213 cm³/mol. The largest absolute Gasteiger partial charge is 0.504 e. The summed E-state index contributed by atoms with van der Waals surface area (Å²) in [5.74, 6) is -4.06. The number of carbonyl (C=O) groups is 3. The average molecular weight is 801 g/mol. The van der Waals surface area contributed by atoms with E-state index >= 15 is 0 Å². The molecule has 3 fully saturated rings. The number of hydrogen-bond donors (Lipinski definition) is 7. The van der Waals surface area contributed by atoms with Gasteiger partial charge in [0.25, 0.3) is 0 Å². The van der Waals surface area contributed by atoms with Gasteiger partial charge in [-0.15, -0.1) is 0 Å². The lowest BCUT2D eigenvalue weighted by molar-refractivity contribution is -0.332. The molecule has 0 radical (unpaired) electrons. The Hall–Kier alpha value is -5.09. The third kappa shape index (κ3) is 8.97. The van der Waals surface area contributed by atoms with Crippen LogP contribution in [-0.4, -0.2) is 112 Å². The molecule has 3 aliphatic rings. The van der Waals surface area contributed by atoms with Crippen LogP contribution in [0.3, 0.4) is 0 Å². The number of nitrogens with one attached hydrogen (secondary N) is 1. The summed E-state index contributed by atoms with van der Waals surface area (Å²) in [6.45, 7) is -0.0173. The first-order valence-corrected chi connectivity index (χ1v) is 19.5. The Morgan fingerprint density at radius 2 is 1.67 bits per heavy atom. The van der Waals surface area contributed by atoms with E-state index in [1.54, 1.807) is 19.2 Å². The van der Waals surface area contributed by atoms with Crippen molar-refractivity contribution in [2.45, 2.75) is 67.5 Å². The van der Waals surface area contributed by atoms with E-state index in [1.165, 1.54) is 48.6 Å². The van der Waals surface area contributed by atoms with Crippen molar-refractivity contribution in [2.24, 2.45) is 17.6 Å². The molecule has 310 valence electrons. The lowest BCUT2D eigenvalue weighted by Crippen LogP contribution is -2.78. The Bertz CT molecular complexity index is 2000. The number of carbonyl (C=O) groups excluding carboxylic acids is 2. The topological polar surface area (TPSA) is 227 Å². The van der Waals surface area contributed by atoms with Gasteiger partial charge in [0.2, 0.25) is 0 Å². The summed E-state index contributed by atoms with van der Waals surface area (Å²) in [6.07, 6.45) is 4.48. The fourth-order valence-electron chi connectivity index (χ4n) is 8.84.